The Morgan fingerprint density at radius 2 is 1.52 bits per heavy atom. The minimum Gasteiger partial charge on any atom is -0.497 e. The van der Waals surface area contributed by atoms with Crippen LogP contribution in [0.25, 0.3) is 0 Å². The average Bonchev–Trinajstić information content (AvgIpc) is 2.73. The van der Waals surface area contributed by atoms with E-state index < -0.39 is 0 Å². The molecule has 0 bridgehead atoms. The number of carbonyl (C=O) groups excluding carboxylic acids is 1. The van der Waals surface area contributed by atoms with Crippen molar-refractivity contribution in [3.63, 3.8) is 0 Å². The second-order valence-electron chi connectivity index (χ2n) is 7.01. The molecule has 0 radical (unpaired) electrons. The third-order valence-electron chi connectivity index (χ3n) is 5.18. The Labute approximate surface area is 161 Å². The predicted octanol–water partition coefficient (Wildman–Crippen LogP) is 3.35. The maximum Gasteiger partial charge on any atom is 0.251 e. The number of ether oxygens (including phenoxy) is 2. The Bertz CT molecular complexity index is 720. The van der Waals surface area contributed by atoms with Gasteiger partial charge >= 0.3 is 0 Å². The van der Waals surface area contributed by atoms with Gasteiger partial charge in [-0.25, -0.2) is 0 Å². The van der Waals surface area contributed by atoms with E-state index in [0.717, 1.165) is 50.5 Å². The van der Waals surface area contributed by atoms with Crippen molar-refractivity contribution in [2.75, 3.05) is 33.9 Å². The molecule has 2 aromatic rings. The van der Waals surface area contributed by atoms with Crippen molar-refractivity contribution < 1.29 is 14.3 Å². The molecule has 5 heteroatoms. The van der Waals surface area contributed by atoms with E-state index in [4.69, 9.17) is 9.47 Å². The summed E-state index contributed by atoms with van der Waals surface area (Å²) in [6.45, 7) is 3.83. The molecule has 0 aliphatic carbocycles. The van der Waals surface area contributed by atoms with Gasteiger partial charge in [-0.1, -0.05) is 12.1 Å². The highest BCUT2D eigenvalue weighted by molar-refractivity contribution is 5.94. The second-order valence-corrected chi connectivity index (χ2v) is 7.01. The van der Waals surface area contributed by atoms with Gasteiger partial charge in [-0.05, 0) is 73.8 Å². The summed E-state index contributed by atoms with van der Waals surface area (Å²) in [6.07, 6.45) is 2.22. The van der Waals surface area contributed by atoms with E-state index in [-0.39, 0.29) is 5.91 Å². The van der Waals surface area contributed by atoms with E-state index >= 15 is 0 Å². The Morgan fingerprint density at radius 3 is 2.07 bits per heavy atom. The van der Waals surface area contributed by atoms with Crippen LogP contribution in [0.15, 0.2) is 48.5 Å². The SMILES string of the molecule is COc1ccc(CN2CCC(CNC(=O)c3ccc(OC)cc3)CC2)cc1. The summed E-state index contributed by atoms with van der Waals surface area (Å²) >= 11 is 0. The number of rotatable bonds is 7. The van der Waals surface area contributed by atoms with Crippen LogP contribution in [-0.4, -0.2) is 44.7 Å². The zero-order valence-electron chi connectivity index (χ0n) is 16.1. The number of carbonyl (C=O) groups is 1. The molecule has 0 saturated carbocycles. The molecule has 0 spiro atoms. The number of hydrogen-bond donors (Lipinski definition) is 1. The number of methoxy groups -OCH3 is 2. The standard InChI is InChI=1S/C22H28N2O3/c1-26-20-7-3-18(4-8-20)16-24-13-11-17(12-14-24)15-23-22(25)19-5-9-21(27-2)10-6-19/h3-10,17H,11-16H2,1-2H3,(H,23,25). The van der Waals surface area contributed by atoms with Crippen molar-refractivity contribution in [2.24, 2.45) is 5.92 Å². The maximum absolute atomic E-state index is 12.3. The van der Waals surface area contributed by atoms with Crippen LogP contribution >= 0.6 is 0 Å². The number of hydrogen-bond acceptors (Lipinski definition) is 4. The fraction of sp³-hybridized carbons (Fsp3) is 0.409. The fourth-order valence-electron chi connectivity index (χ4n) is 3.42. The molecule has 2 aromatic carbocycles. The molecular formula is C22H28N2O3. The molecule has 5 nitrogen and oxygen atoms in total. The van der Waals surface area contributed by atoms with E-state index in [9.17, 15) is 4.79 Å². The molecule has 1 N–H and O–H groups in total. The van der Waals surface area contributed by atoms with Gasteiger partial charge in [0.25, 0.3) is 5.91 Å². The van der Waals surface area contributed by atoms with Crippen LogP contribution < -0.4 is 14.8 Å². The molecule has 1 saturated heterocycles. The van der Waals surface area contributed by atoms with Crippen LogP contribution in [0.4, 0.5) is 0 Å². The third-order valence-corrected chi connectivity index (χ3v) is 5.18. The summed E-state index contributed by atoms with van der Waals surface area (Å²) < 4.78 is 10.3. The van der Waals surface area contributed by atoms with Crippen LogP contribution in [0.1, 0.15) is 28.8 Å². The highest BCUT2D eigenvalue weighted by Gasteiger charge is 2.20. The number of nitrogens with zero attached hydrogens (tertiary/aromatic N) is 1. The van der Waals surface area contributed by atoms with Crippen molar-refractivity contribution in [3.05, 3.63) is 59.7 Å². The molecule has 3 rings (SSSR count). The summed E-state index contributed by atoms with van der Waals surface area (Å²) in [7, 11) is 3.31. The molecule has 0 unspecified atom stereocenters. The summed E-state index contributed by atoms with van der Waals surface area (Å²) in [4.78, 5) is 14.7. The summed E-state index contributed by atoms with van der Waals surface area (Å²) in [5.41, 5.74) is 1.98. The third kappa shape index (κ3) is 5.47. The van der Waals surface area contributed by atoms with Crippen LogP contribution in [0, 0.1) is 5.92 Å². The monoisotopic (exact) mass is 368 g/mol. The second kappa shape index (κ2) is 9.42. The van der Waals surface area contributed by atoms with E-state index in [1.54, 1.807) is 26.4 Å². The number of piperidine rings is 1. The molecule has 1 aliphatic heterocycles. The quantitative estimate of drug-likeness (QED) is 0.814. The number of nitrogens with one attached hydrogen (secondary N) is 1. The van der Waals surface area contributed by atoms with E-state index in [2.05, 4.69) is 22.3 Å². The predicted molar refractivity (Wildman–Crippen MR) is 106 cm³/mol. The first kappa shape index (κ1) is 19.2. The van der Waals surface area contributed by atoms with Gasteiger partial charge in [-0.2, -0.15) is 0 Å². The summed E-state index contributed by atoms with van der Waals surface area (Å²) in [6, 6.07) is 15.5. The van der Waals surface area contributed by atoms with Gasteiger partial charge in [-0.3, -0.25) is 9.69 Å². The summed E-state index contributed by atoms with van der Waals surface area (Å²) in [5, 5.41) is 3.07. The van der Waals surface area contributed by atoms with Crippen molar-refractivity contribution >= 4 is 5.91 Å². The zero-order valence-corrected chi connectivity index (χ0v) is 16.1. The smallest absolute Gasteiger partial charge is 0.251 e. The van der Waals surface area contributed by atoms with Gasteiger partial charge in [0.2, 0.25) is 0 Å². The van der Waals surface area contributed by atoms with Crippen molar-refractivity contribution in [1.82, 2.24) is 10.2 Å². The molecule has 1 aliphatic rings. The molecule has 0 aromatic heterocycles. The molecular weight excluding hydrogens is 340 g/mol. The first-order chi connectivity index (χ1) is 13.2. The van der Waals surface area contributed by atoms with Crippen LogP contribution in [0.3, 0.4) is 0 Å². The largest absolute Gasteiger partial charge is 0.497 e. The van der Waals surface area contributed by atoms with E-state index in [1.165, 1.54) is 5.56 Å². The molecule has 1 fully saturated rings. The minimum atomic E-state index is -0.0154. The lowest BCUT2D eigenvalue weighted by Crippen LogP contribution is -2.38. The lowest BCUT2D eigenvalue weighted by Gasteiger charge is -2.32. The summed E-state index contributed by atoms with van der Waals surface area (Å²) in [5.74, 6) is 2.18. The normalized spacial score (nSPS) is 15.3. The Morgan fingerprint density at radius 1 is 0.963 bits per heavy atom. The van der Waals surface area contributed by atoms with Crippen LogP contribution in [0.2, 0.25) is 0 Å². The molecule has 0 atom stereocenters. The Hall–Kier alpha value is -2.53. The topological polar surface area (TPSA) is 50.8 Å². The van der Waals surface area contributed by atoms with Gasteiger partial charge in [0.15, 0.2) is 0 Å². The zero-order chi connectivity index (χ0) is 19.1. The van der Waals surface area contributed by atoms with Gasteiger partial charge < -0.3 is 14.8 Å². The van der Waals surface area contributed by atoms with Crippen LogP contribution in [0.5, 0.6) is 11.5 Å². The van der Waals surface area contributed by atoms with E-state index in [0.29, 0.717) is 11.5 Å². The Balaban J connectivity index is 1.40. The highest BCUT2D eigenvalue weighted by atomic mass is 16.5. The lowest BCUT2D eigenvalue weighted by atomic mass is 9.96. The first-order valence-corrected chi connectivity index (χ1v) is 9.45. The first-order valence-electron chi connectivity index (χ1n) is 9.45. The van der Waals surface area contributed by atoms with Gasteiger partial charge in [0, 0.05) is 18.7 Å². The van der Waals surface area contributed by atoms with Crippen molar-refractivity contribution in [1.29, 1.82) is 0 Å². The molecule has 27 heavy (non-hydrogen) atoms. The number of likely N-dealkylation sites (tertiary alicyclic amines) is 1. The van der Waals surface area contributed by atoms with Crippen molar-refractivity contribution in [3.8, 4) is 11.5 Å². The maximum atomic E-state index is 12.3. The van der Waals surface area contributed by atoms with Gasteiger partial charge in [0.05, 0.1) is 14.2 Å². The van der Waals surface area contributed by atoms with E-state index in [1.807, 2.05) is 24.3 Å². The van der Waals surface area contributed by atoms with Crippen LogP contribution in [-0.2, 0) is 6.54 Å². The molecule has 1 amide bonds. The minimum absolute atomic E-state index is 0.0154. The molecule has 144 valence electrons. The average molecular weight is 368 g/mol. The number of benzene rings is 2. The van der Waals surface area contributed by atoms with Gasteiger partial charge in [-0.15, -0.1) is 0 Å². The Kier molecular flexibility index (Phi) is 6.71. The van der Waals surface area contributed by atoms with Gasteiger partial charge in [0.1, 0.15) is 11.5 Å². The lowest BCUT2D eigenvalue weighted by molar-refractivity contribution is 0.0935. The van der Waals surface area contributed by atoms with Crippen molar-refractivity contribution in [2.45, 2.75) is 19.4 Å². The highest BCUT2D eigenvalue weighted by Crippen LogP contribution is 2.20. The number of amides is 1. The fourth-order valence-corrected chi connectivity index (χ4v) is 3.42. The molecule has 1 heterocycles.